The lowest BCUT2D eigenvalue weighted by atomic mass is 9.98. The number of hydrogen-bond acceptors (Lipinski definition) is 26. The summed E-state index contributed by atoms with van der Waals surface area (Å²) >= 11 is 0. The van der Waals surface area contributed by atoms with E-state index in [0.29, 0.717) is 165 Å². The van der Waals surface area contributed by atoms with E-state index in [2.05, 4.69) is 103 Å². The SMILES string of the molecule is Cc1cccc(-c2nn(Cc3cc4cccc(C)c4c(=O)n3-c3ccccc3C)c3ncnc(N)c23)c1.Cc1ccccc1-n1c(Cn2nc(C#CC(C)(C)C)c3c(N)ncnc32)nc2nccc(C)c2c1=O.Cc1ccccc1-n1c(Cn2nc(C#CC3CC3)c3c(N)ncnc32)nc2c(C)nn(C)c2c1=O.Cc1ccccc1-n1c(Cn2nc(C#CC3CC3)c3c(N)ncnc32)nc2cnn(C)c2c1=O. The Bertz CT molecular complexity index is 9230. The topological polar surface area (TPSA) is 454 Å². The lowest BCUT2D eigenvalue weighted by Crippen LogP contribution is -2.27. The monoisotopic (exact) mass is 1880 g/mol. The number of anilines is 4. The molecule has 0 aliphatic heterocycles. The molecule has 0 spiro atoms. The van der Waals surface area contributed by atoms with Gasteiger partial charge in [0.05, 0.1) is 73.5 Å². The van der Waals surface area contributed by atoms with E-state index in [1.54, 1.807) is 68.2 Å². The maximum atomic E-state index is 14.0. The molecule has 142 heavy (non-hydrogen) atoms. The van der Waals surface area contributed by atoms with Crippen molar-refractivity contribution < 1.29 is 0 Å². The zero-order valence-corrected chi connectivity index (χ0v) is 80.2. The molecule has 0 radical (unpaired) electrons. The minimum atomic E-state index is -0.227. The Morgan fingerprint density at radius 2 is 0.817 bits per heavy atom. The number of aromatic nitrogens is 28. The highest BCUT2D eigenvalue weighted by atomic mass is 16.1. The minimum absolute atomic E-state index is 0.0515. The van der Waals surface area contributed by atoms with E-state index in [9.17, 15) is 19.2 Å². The van der Waals surface area contributed by atoms with Crippen LogP contribution in [0.25, 0.3) is 122 Å². The smallest absolute Gasteiger partial charge is 0.284 e. The average molecular weight is 1880 g/mol. The molecule has 23 rings (SSSR count). The first-order valence-corrected chi connectivity index (χ1v) is 46.1. The van der Waals surface area contributed by atoms with Gasteiger partial charge < -0.3 is 22.9 Å². The Morgan fingerprint density at radius 1 is 0.387 bits per heavy atom. The molecule has 0 unspecified atom stereocenters. The molecule has 8 N–H and O–H groups in total. The molecular weight excluding hydrogens is 1790 g/mol. The second kappa shape index (κ2) is 36.9. The van der Waals surface area contributed by atoms with Gasteiger partial charge in [-0.15, -0.1) is 0 Å². The van der Waals surface area contributed by atoms with Gasteiger partial charge in [-0.2, -0.15) is 30.6 Å². The number of aryl methyl sites for hydroxylation is 10. The molecule has 36 nitrogen and oxygen atoms in total. The van der Waals surface area contributed by atoms with E-state index in [-0.39, 0.29) is 47.3 Å². The summed E-state index contributed by atoms with van der Waals surface area (Å²) in [5.74, 6) is 22.7. The van der Waals surface area contributed by atoms with Gasteiger partial charge in [-0.05, 0) is 201 Å². The van der Waals surface area contributed by atoms with E-state index in [4.69, 9.17) is 58.3 Å². The Labute approximate surface area is 811 Å². The van der Waals surface area contributed by atoms with E-state index in [1.807, 2.05) is 220 Å². The standard InChI is InChI=1S/C30H26N6O.C27H26N8O.C25H23N9O.C24H21N9O/c1-18-8-6-12-22(14-18)27-26-28(31)32-17-33-29(26)35(34-27)16-23-15-21-11-7-10-20(3)25(21)30(37)36(23)24-13-5-4-9-19(24)2;1-16-8-6-7-9-19(16)35-20(32-24-21(26(35)36)17(2)11-13-29-24)14-34-25-22(23(28)30-15-31-25)18(33-34)10-12-27(3,4)5;1-14-6-4-5-7-18(14)34-19(29-21-15(2)30-32(3)22(21)25(34)35)12-33-24-20(23(26)27-13-28-24)17(31-33)11-10-16-8-9-16;1-14-5-3-4-6-18(14)33-19(29-17-11-28-31(2)21(17)24(33)34)12-32-23-20(22(25)26-13-27-23)16(30-32)10-9-15-7-8-15/h4-15,17H,16H2,1-3H3,(H2,31,32,33);6-9,11,13,15H,14H2,1-5H3,(H2,28,30,31);4-7,13,16H,8-9,12H2,1-3H3,(H2,26,27,28);3-6,11,13,15H,7-8,12H2,1-2H3,(H2,25,26,27). The number of benzene rings is 6. The zero-order valence-electron chi connectivity index (χ0n) is 80.2. The molecule has 0 saturated heterocycles. The second-order valence-electron chi connectivity index (χ2n) is 36.5. The quantitative estimate of drug-likeness (QED) is 0.0779. The third kappa shape index (κ3) is 17.4. The summed E-state index contributed by atoms with van der Waals surface area (Å²) in [5.41, 5.74) is 43.2. The predicted octanol–water partition coefficient (Wildman–Crippen LogP) is 13.1. The van der Waals surface area contributed by atoms with Crippen molar-refractivity contribution in [1.82, 2.24) is 137 Å². The molecule has 2 fully saturated rings. The Balaban J connectivity index is 0.000000116. The van der Waals surface area contributed by atoms with Gasteiger partial charge in [0.15, 0.2) is 39.3 Å². The van der Waals surface area contributed by atoms with Crippen molar-refractivity contribution in [3.63, 3.8) is 0 Å². The van der Waals surface area contributed by atoms with Crippen molar-refractivity contribution >= 4 is 111 Å². The van der Waals surface area contributed by atoms with Gasteiger partial charge in [0, 0.05) is 48.8 Å². The Kier molecular flexibility index (Phi) is 23.8. The highest BCUT2D eigenvalue weighted by Crippen LogP contribution is 2.36. The third-order valence-corrected chi connectivity index (χ3v) is 24.9. The summed E-state index contributed by atoms with van der Waals surface area (Å²) in [7, 11) is 3.49. The van der Waals surface area contributed by atoms with E-state index in [0.717, 1.165) is 110 Å². The van der Waals surface area contributed by atoms with Crippen molar-refractivity contribution in [2.24, 2.45) is 31.3 Å². The van der Waals surface area contributed by atoms with Gasteiger partial charge in [-0.3, -0.25) is 46.8 Å². The van der Waals surface area contributed by atoms with Gasteiger partial charge in [0.25, 0.3) is 22.2 Å². The molecule has 36 heteroatoms. The average Bonchev–Trinajstić information content (AvgIpc) is 1.66. The summed E-state index contributed by atoms with van der Waals surface area (Å²) in [6.45, 7) is 22.6. The minimum Gasteiger partial charge on any atom is -0.383 e. The number of fused-ring (bicyclic) bond motifs is 8. The summed E-state index contributed by atoms with van der Waals surface area (Å²) < 4.78 is 16.7. The van der Waals surface area contributed by atoms with E-state index in [1.165, 1.54) is 25.3 Å². The zero-order chi connectivity index (χ0) is 99.0. The highest BCUT2D eigenvalue weighted by Gasteiger charge is 2.30. The van der Waals surface area contributed by atoms with Crippen LogP contribution in [0.3, 0.4) is 0 Å². The first kappa shape index (κ1) is 91.4. The fourth-order valence-corrected chi connectivity index (χ4v) is 17.6. The van der Waals surface area contributed by atoms with E-state index < -0.39 is 0 Å². The molecular formula is C106H96N32O4. The first-order chi connectivity index (χ1) is 68.5. The molecule has 0 amide bonds. The van der Waals surface area contributed by atoms with Crippen LogP contribution in [-0.2, 0) is 40.3 Å². The van der Waals surface area contributed by atoms with Crippen molar-refractivity contribution in [2.75, 3.05) is 22.9 Å². The summed E-state index contributed by atoms with van der Waals surface area (Å²) in [6, 6.07) is 49.0. The molecule has 0 atom stereocenters. The lowest BCUT2D eigenvalue weighted by Gasteiger charge is -2.17. The van der Waals surface area contributed by atoms with Crippen LogP contribution in [0.4, 0.5) is 23.3 Å². The Hall–Kier alpha value is -18.4. The van der Waals surface area contributed by atoms with Crippen molar-refractivity contribution in [3.8, 4) is 69.5 Å². The number of rotatable bonds is 13. The molecule has 21 aromatic rings. The number of nitrogens with two attached hydrogens (primary N) is 4. The fourth-order valence-electron chi connectivity index (χ4n) is 17.6. The number of nitrogens with zero attached hydrogens (tertiary/aromatic N) is 28. The van der Waals surface area contributed by atoms with Crippen LogP contribution >= 0.6 is 0 Å². The van der Waals surface area contributed by atoms with Crippen LogP contribution in [-0.4, -0.2) is 137 Å². The molecule has 0 bridgehead atoms. The normalized spacial score (nSPS) is 12.4. The number of pyridine rings is 2. The van der Waals surface area contributed by atoms with Gasteiger partial charge in [0.1, 0.15) is 119 Å². The lowest BCUT2D eigenvalue weighted by molar-refractivity contribution is 0.570. The van der Waals surface area contributed by atoms with Crippen LogP contribution < -0.4 is 45.2 Å². The predicted molar refractivity (Wildman–Crippen MR) is 547 cm³/mol. The van der Waals surface area contributed by atoms with Gasteiger partial charge in [-0.25, -0.2) is 78.5 Å². The molecule has 2 saturated carbocycles. The maximum Gasteiger partial charge on any atom is 0.284 e. The molecule has 15 heterocycles. The number of para-hydroxylation sites is 4. The third-order valence-electron chi connectivity index (χ3n) is 24.9. The van der Waals surface area contributed by atoms with E-state index >= 15 is 0 Å². The van der Waals surface area contributed by atoms with Crippen LogP contribution in [0.1, 0.15) is 131 Å². The summed E-state index contributed by atoms with van der Waals surface area (Å²) in [5, 5.41) is 32.4. The van der Waals surface area contributed by atoms with Gasteiger partial charge in [0.2, 0.25) is 0 Å². The van der Waals surface area contributed by atoms with Crippen LogP contribution in [0.2, 0.25) is 0 Å². The number of nitrogen functional groups attached to an aromatic ring is 4. The van der Waals surface area contributed by atoms with Crippen LogP contribution in [0, 0.1) is 108 Å². The van der Waals surface area contributed by atoms with Crippen LogP contribution in [0.5, 0.6) is 0 Å². The van der Waals surface area contributed by atoms with Crippen molar-refractivity contribution in [1.29, 1.82) is 0 Å². The number of hydrogen-bond donors (Lipinski definition) is 4. The largest absolute Gasteiger partial charge is 0.383 e. The van der Waals surface area contributed by atoms with Gasteiger partial charge >= 0.3 is 0 Å². The Morgan fingerprint density at radius 3 is 1.32 bits per heavy atom. The summed E-state index contributed by atoms with van der Waals surface area (Å²) in [6.07, 6.45) is 13.3. The second-order valence-corrected chi connectivity index (χ2v) is 36.5. The molecule has 2 aliphatic rings. The van der Waals surface area contributed by atoms with Crippen LogP contribution in [0.15, 0.2) is 209 Å². The molecule has 2 aliphatic carbocycles. The summed E-state index contributed by atoms with van der Waals surface area (Å²) in [4.78, 5) is 109. The molecule has 15 aromatic heterocycles. The molecule has 704 valence electrons. The highest BCUT2D eigenvalue weighted by molar-refractivity contribution is 5.99. The fraction of sp³-hybridized carbons (Fsp3) is 0.226. The molecule has 6 aromatic carbocycles. The first-order valence-electron chi connectivity index (χ1n) is 46.1. The van der Waals surface area contributed by atoms with Crippen molar-refractivity contribution in [3.05, 3.63) is 316 Å². The maximum absolute atomic E-state index is 14.0. The van der Waals surface area contributed by atoms with Crippen molar-refractivity contribution in [2.45, 2.75) is 128 Å². The van der Waals surface area contributed by atoms with Gasteiger partial charge in [-0.1, -0.05) is 133 Å².